The van der Waals surface area contributed by atoms with Gasteiger partial charge in [-0.1, -0.05) is 36.4 Å². The molecule has 0 heterocycles. The fraction of sp³-hybridized carbons (Fsp3) is 0.286. The molecule has 0 radical (unpaired) electrons. The molecule has 0 saturated heterocycles. The van der Waals surface area contributed by atoms with Crippen LogP contribution >= 0.6 is 0 Å². The summed E-state index contributed by atoms with van der Waals surface area (Å²) in [6, 6.07) is 9.17. The summed E-state index contributed by atoms with van der Waals surface area (Å²) < 4.78 is 9.30. The Bertz CT molecular complexity index is 409. The molecule has 4 nitrogen and oxygen atoms in total. The van der Waals surface area contributed by atoms with Crippen LogP contribution in [0.2, 0.25) is 0 Å². The summed E-state index contributed by atoms with van der Waals surface area (Å²) in [6.45, 7) is 3.68. The molecule has 0 aliphatic heterocycles. The van der Waals surface area contributed by atoms with Gasteiger partial charge in [-0.25, -0.2) is 0 Å². The Labute approximate surface area is 106 Å². The summed E-state index contributed by atoms with van der Waals surface area (Å²) in [7, 11) is 2.48. The van der Waals surface area contributed by atoms with Gasteiger partial charge >= 0.3 is 11.9 Å². The van der Waals surface area contributed by atoms with Crippen LogP contribution < -0.4 is 0 Å². The van der Waals surface area contributed by atoms with Gasteiger partial charge < -0.3 is 9.47 Å². The Balaban J connectivity index is 3.13. The van der Waals surface area contributed by atoms with Crippen LogP contribution in [0.15, 0.2) is 43.0 Å². The predicted molar refractivity (Wildman–Crippen MR) is 66.9 cm³/mol. The Morgan fingerprint density at radius 3 is 2.00 bits per heavy atom. The Morgan fingerprint density at radius 2 is 1.61 bits per heavy atom. The molecule has 1 aromatic carbocycles. The van der Waals surface area contributed by atoms with Gasteiger partial charge in [0.15, 0.2) is 5.92 Å². The number of esters is 2. The molecule has 0 spiro atoms. The minimum Gasteiger partial charge on any atom is -0.468 e. The number of hydrogen-bond acceptors (Lipinski definition) is 4. The lowest BCUT2D eigenvalue weighted by molar-refractivity contribution is -0.159. The van der Waals surface area contributed by atoms with E-state index < -0.39 is 23.8 Å². The zero-order valence-corrected chi connectivity index (χ0v) is 10.5. The first-order valence-corrected chi connectivity index (χ1v) is 5.48. The number of methoxy groups -OCH3 is 2. The lowest BCUT2D eigenvalue weighted by Gasteiger charge is -2.20. The maximum atomic E-state index is 11.7. The van der Waals surface area contributed by atoms with E-state index in [2.05, 4.69) is 16.1 Å². The minimum atomic E-state index is -1.03. The van der Waals surface area contributed by atoms with Crippen molar-refractivity contribution in [1.29, 1.82) is 0 Å². The van der Waals surface area contributed by atoms with Gasteiger partial charge in [-0.05, 0) is 5.56 Å². The molecule has 96 valence electrons. The molecule has 0 N–H and O–H groups in total. The number of allylic oxidation sites excluding steroid dienone is 1. The second-order valence-electron chi connectivity index (χ2n) is 3.70. The average molecular weight is 248 g/mol. The monoisotopic (exact) mass is 248 g/mol. The number of ether oxygens (including phenoxy) is 2. The summed E-state index contributed by atoms with van der Waals surface area (Å²) in [5, 5.41) is 0. The lowest BCUT2D eigenvalue weighted by Crippen LogP contribution is -2.31. The van der Waals surface area contributed by atoms with E-state index in [9.17, 15) is 9.59 Å². The number of carbonyl (C=O) groups is 2. The van der Waals surface area contributed by atoms with Gasteiger partial charge in [0.05, 0.1) is 14.2 Å². The highest BCUT2D eigenvalue weighted by molar-refractivity contribution is 5.96. The van der Waals surface area contributed by atoms with Crippen LogP contribution in [0, 0.1) is 5.92 Å². The number of carbonyl (C=O) groups excluding carboxylic acids is 2. The third-order valence-corrected chi connectivity index (χ3v) is 2.71. The van der Waals surface area contributed by atoms with Crippen molar-refractivity contribution in [3.8, 4) is 0 Å². The Kier molecular flexibility index (Phi) is 5.11. The highest BCUT2D eigenvalue weighted by atomic mass is 16.5. The molecule has 0 bridgehead atoms. The largest absolute Gasteiger partial charge is 0.468 e. The summed E-state index contributed by atoms with van der Waals surface area (Å²) >= 11 is 0. The van der Waals surface area contributed by atoms with Gasteiger partial charge in [-0.3, -0.25) is 9.59 Å². The van der Waals surface area contributed by atoms with Gasteiger partial charge in [-0.15, -0.1) is 6.58 Å². The average Bonchev–Trinajstić information content (AvgIpc) is 2.44. The minimum absolute atomic E-state index is 0.467. The Morgan fingerprint density at radius 1 is 1.11 bits per heavy atom. The molecule has 4 heteroatoms. The molecule has 1 rings (SSSR count). The van der Waals surface area contributed by atoms with Crippen molar-refractivity contribution in [2.75, 3.05) is 14.2 Å². The molecular weight excluding hydrogens is 232 g/mol. The maximum Gasteiger partial charge on any atom is 0.321 e. The molecule has 18 heavy (non-hydrogen) atoms. The van der Waals surface area contributed by atoms with Crippen molar-refractivity contribution in [2.45, 2.75) is 5.92 Å². The molecule has 0 saturated carbocycles. The van der Waals surface area contributed by atoms with Crippen molar-refractivity contribution in [3.05, 3.63) is 48.6 Å². The quantitative estimate of drug-likeness (QED) is 0.454. The maximum absolute atomic E-state index is 11.7. The van der Waals surface area contributed by atoms with Crippen LogP contribution in [-0.4, -0.2) is 26.2 Å². The van der Waals surface area contributed by atoms with Crippen molar-refractivity contribution < 1.29 is 19.1 Å². The smallest absolute Gasteiger partial charge is 0.321 e. The first kappa shape index (κ1) is 14.0. The van der Waals surface area contributed by atoms with Crippen molar-refractivity contribution in [1.82, 2.24) is 0 Å². The molecule has 1 atom stereocenters. The van der Waals surface area contributed by atoms with Crippen molar-refractivity contribution in [3.63, 3.8) is 0 Å². The second kappa shape index (κ2) is 6.59. The molecule has 0 amide bonds. The fourth-order valence-corrected chi connectivity index (χ4v) is 1.78. The van der Waals surface area contributed by atoms with Crippen molar-refractivity contribution >= 4 is 11.9 Å². The van der Waals surface area contributed by atoms with E-state index in [0.717, 1.165) is 5.56 Å². The molecular formula is C14H16O4. The van der Waals surface area contributed by atoms with Gasteiger partial charge in [0.25, 0.3) is 0 Å². The van der Waals surface area contributed by atoms with E-state index in [-0.39, 0.29) is 0 Å². The van der Waals surface area contributed by atoms with Crippen LogP contribution in [-0.2, 0) is 19.1 Å². The van der Waals surface area contributed by atoms with E-state index >= 15 is 0 Å². The lowest BCUT2D eigenvalue weighted by atomic mass is 9.86. The Hall–Kier alpha value is -2.10. The van der Waals surface area contributed by atoms with Gasteiger partial charge in [0.2, 0.25) is 0 Å². The number of benzene rings is 1. The third-order valence-electron chi connectivity index (χ3n) is 2.71. The predicted octanol–water partition coefficient (Wildman–Crippen LogP) is 1.92. The van der Waals surface area contributed by atoms with Gasteiger partial charge in [0, 0.05) is 5.92 Å². The summed E-state index contributed by atoms with van der Waals surface area (Å²) in [6.07, 6.45) is 1.55. The van der Waals surface area contributed by atoms with Crippen LogP contribution in [0.25, 0.3) is 0 Å². The first-order chi connectivity index (χ1) is 8.65. The molecule has 0 fully saturated rings. The summed E-state index contributed by atoms with van der Waals surface area (Å²) in [4.78, 5) is 23.4. The molecule has 0 unspecified atom stereocenters. The zero-order chi connectivity index (χ0) is 13.5. The van der Waals surface area contributed by atoms with Crippen LogP contribution in [0.1, 0.15) is 11.5 Å². The van der Waals surface area contributed by atoms with Gasteiger partial charge in [-0.2, -0.15) is 0 Å². The van der Waals surface area contributed by atoms with E-state index in [1.165, 1.54) is 14.2 Å². The summed E-state index contributed by atoms with van der Waals surface area (Å²) in [5.41, 5.74) is 0.813. The fourth-order valence-electron chi connectivity index (χ4n) is 1.78. The van der Waals surface area contributed by atoms with Crippen LogP contribution in [0.3, 0.4) is 0 Å². The normalized spacial score (nSPS) is 11.7. The van der Waals surface area contributed by atoms with Crippen LogP contribution in [0.4, 0.5) is 0 Å². The van der Waals surface area contributed by atoms with E-state index in [1.54, 1.807) is 6.08 Å². The topological polar surface area (TPSA) is 52.6 Å². The zero-order valence-electron chi connectivity index (χ0n) is 10.5. The number of rotatable bonds is 5. The summed E-state index contributed by atoms with van der Waals surface area (Å²) in [5.74, 6) is -2.75. The van der Waals surface area contributed by atoms with Gasteiger partial charge in [0.1, 0.15) is 0 Å². The highest BCUT2D eigenvalue weighted by Gasteiger charge is 2.36. The second-order valence-corrected chi connectivity index (χ2v) is 3.70. The molecule has 0 aliphatic carbocycles. The molecule has 0 aromatic heterocycles. The SMILES string of the molecule is C=C[C@@H](c1ccccc1)C(C(=O)OC)C(=O)OC. The van der Waals surface area contributed by atoms with E-state index in [4.69, 9.17) is 0 Å². The molecule has 0 aliphatic rings. The highest BCUT2D eigenvalue weighted by Crippen LogP contribution is 2.27. The van der Waals surface area contributed by atoms with Crippen LogP contribution in [0.5, 0.6) is 0 Å². The van der Waals surface area contributed by atoms with E-state index in [0.29, 0.717) is 0 Å². The number of hydrogen-bond donors (Lipinski definition) is 0. The standard InChI is InChI=1S/C14H16O4/c1-4-11(10-8-6-5-7-9-10)12(13(15)17-2)14(16)18-3/h4-9,11-12H,1H2,2-3H3/t11-/m0/s1. The third kappa shape index (κ3) is 2.97. The first-order valence-electron chi connectivity index (χ1n) is 5.48. The van der Waals surface area contributed by atoms with Crippen molar-refractivity contribution in [2.24, 2.45) is 5.92 Å². The molecule has 1 aromatic rings. The van der Waals surface area contributed by atoms with E-state index in [1.807, 2.05) is 30.3 Å².